The van der Waals surface area contributed by atoms with Crippen molar-refractivity contribution in [2.45, 2.75) is 25.9 Å². The molecule has 0 aliphatic carbocycles. The van der Waals surface area contributed by atoms with E-state index in [2.05, 4.69) is 22.6 Å². The lowest BCUT2D eigenvalue weighted by Gasteiger charge is -2.31. The van der Waals surface area contributed by atoms with Crippen LogP contribution in [0, 0.1) is 3.57 Å². The van der Waals surface area contributed by atoms with E-state index in [0.29, 0.717) is 11.3 Å². The third kappa shape index (κ3) is 2.23. The Bertz CT molecular complexity index is 534. The van der Waals surface area contributed by atoms with Crippen molar-refractivity contribution in [1.29, 1.82) is 0 Å². The van der Waals surface area contributed by atoms with Crippen LogP contribution in [-0.4, -0.2) is 24.5 Å². The van der Waals surface area contributed by atoms with E-state index in [1.165, 1.54) is 7.11 Å². The SMILES string of the molecule is COC(=O)c1cc2c(cc1I)OC(C)(C)C(=O)C2. The van der Waals surface area contributed by atoms with Gasteiger partial charge < -0.3 is 9.47 Å². The van der Waals surface area contributed by atoms with Crippen LogP contribution in [0.3, 0.4) is 0 Å². The Balaban J connectivity index is 2.49. The standard InChI is InChI=1S/C13H13IO4/c1-13(2)11(15)5-7-4-8(12(16)17-3)9(14)6-10(7)18-13/h4,6H,5H2,1-3H3. The summed E-state index contributed by atoms with van der Waals surface area (Å²) in [5, 5.41) is 0. The average Bonchev–Trinajstić information content (AvgIpc) is 2.29. The molecule has 1 aromatic carbocycles. The summed E-state index contributed by atoms with van der Waals surface area (Å²) in [5.41, 5.74) is 0.399. The quantitative estimate of drug-likeness (QED) is 0.570. The summed E-state index contributed by atoms with van der Waals surface area (Å²) in [5.74, 6) is 0.267. The maximum absolute atomic E-state index is 11.9. The third-order valence-corrected chi connectivity index (χ3v) is 3.84. The van der Waals surface area contributed by atoms with Crippen LogP contribution in [0.25, 0.3) is 0 Å². The van der Waals surface area contributed by atoms with Crippen molar-refractivity contribution in [3.8, 4) is 5.75 Å². The minimum Gasteiger partial charge on any atom is -0.480 e. The zero-order valence-electron chi connectivity index (χ0n) is 10.4. The number of fused-ring (bicyclic) bond motifs is 1. The minimum absolute atomic E-state index is 0.00650. The van der Waals surface area contributed by atoms with Crippen molar-refractivity contribution in [3.05, 3.63) is 26.8 Å². The van der Waals surface area contributed by atoms with Gasteiger partial charge in [-0.25, -0.2) is 4.79 Å². The Hall–Kier alpha value is -1.11. The number of hydrogen-bond donors (Lipinski definition) is 0. The van der Waals surface area contributed by atoms with Crippen LogP contribution in [0.5, 0.6) is 5.75 Å². The van der Waals surface area contributed by atoms with E-state index in [4.69, 9.17) is 9.47 Å². The predicted octanol–water partition coefficient (Wildman–Crippen LogP) is 2.36. The fraction of sp³-hybridized carbons (Fsp3) is 0.385. The molecule has 96 valence electrons. The molecular formula is C13H13IO4. The van der Waals surface area contributed by atoms with Crippen molar-refractivity contribution in [2.24, 2.45) is 0 Å². The van der Waals surface area contributed by atoms with Crippen LogP contribution in [0.1, 0.15) is 29.8 Å². The molecule has 1 heterocycles. The number of Topliss-reactive ketones (excluding diaryl/α,β-unsaturated/α-hetero) is 1. The summed E-state index contributed by atoms with van der Waals surface area (Å²) in [6.45, 7) is 3.50. The normalized spacial score (nSPS) is 16.8. The van der Waals surface area contributed by atoms with Gasteiger partial charge in [0.1, 0.15) is 5.75 Å². The largest absolute Gasteiger partial charge is 0.480 e. The Kier molecular flexibility index (Phi) is 3.35. The molecule has 1 aliphatic heterocycles. The van der Waals surface area contributed by atoms with Gasteiger partial charge in [0.25, 0.3) is 0 Å². The molecular weight excluding hydrogens is 347 g/mol. The first kappa shape index (κ1) is 13.3. The molecule has 0 saturated carbocycles. The molecule has 0 amide bonds. The second-order valence-corrected chi connectivity index (χ2v) is 5.81. The first-order valence-corrected chi connectivity index (χ1v) is 6.56. The van der Waals surface area contributed by atoms with Gasteiger partial charge in [0.2, 0.25) is 0 Å². The van der Waals surface area contributed by atoms with Crippen LogP contribution >= 0.6 is 22.6 Å². The fourth-order valence-electron chi connectivity index (χ4n) is 1.82. The monoisotopic (exact) mass is 360 g/mol. The molecule has 0 radical (unpaired) electrons. The molecule has 1 aliphatic rings. The van der Waals surface area contributed by atoms with E-state index in [1.54, 1.807) is 26.0 Å². The van der Waals surface area contributed by atoms with Gasteiger partial charge in [-0.3, -0.25) is 4.79 Å². The number of ketones is 1. The lowest BCUT2D eigenvalue weighted by atomic mass is 9.92. The smallest absolute Gasteiger partial charge is 0.338 e. The van der Waals surface area contributed by atoms with Gasteiger partial charge in [-0.1, -0.05) is 0 Å². The van der Waals surface area contributed by atoms with E-state index in [1.807, 2.05) is 0 Å². The van der Waals surface area contributed by atoms with E-state index in [9.17, 15) is 9.59 Å². The number of ether oxygens (including phenoxy) is 2. The predicted molar refractivity (Wildman–Crippen MR) is 73.9 cm³/mol. The van der Waals surface area contributed by atoms with E-state index >= 15 is 0 Å². The molecule has 0 atom stereocenters. The van der Waals surface area contributed by atoms with Crippen molar-refractivity contribution in [1.82, 2.24) is 0 Å². The molecule has 4 nitrogen and oxygen atoms in total. The zero-order valence-corrected chi connectivity index (χ0v) is 12.5. The summed E-state index contributed by atoms with van der Waals surface area (Å²) in [7, 11) is 1.34. The van der Waals surface area contributed by atoms with Crippen LogP contribution < -0.4 is 4.74 Å². The summed E-state index contributed by atoms with van der Waals surface area (Å²) in [6.07, 6.45) is 0.281. The highest BCUT2D eigenvalue weighted by Crippen LogP contribution is 2.34. The summed E-state index contributed by atoms with van der Waals surface area (Å²) >= 11 is 2.06. The molecule has 5 heteroatoms. The number of carbonyl (C=O) groups excluding carboxylic acids is 2. The first-order valence-electron chi connectivity index (χ1n) is 5.48. The molecule has 0 aromatic heterocycles. The number of hydrogen-bond acceptors (Lipinski definition) is 4. The Morgan fingerprint density at radius 2 is 2.11 bits per heavy atom. The maximum atomic E-state index is 11.9. The van der Waals surface area contributed by atoms with E-state index in [-0.39, 0.29) is 12.2 Å². The van der Waals surface area contributed by atoms with Crippen LogP contribution in [0.4, 0.5) is 0 Å². The van der Waals surface area contributed by atoms with Gasteiger partial charge in [-0.05, 0) is 48.6 Å². The van der Waals surface area contributed by atoms with Crippen LogP contribution in [-0.2, 0) is 16.0 Å². The number of esters is 1. The zero-order chi connectivity index (χ0) is 13.5. The van der Waals surface area contributed by atoms with Gasteiger partial charge >= 0.3 is 5.97 Å². The second-order valence-electron chi connectivity index (χ2n) is 4.64. The number of benzene rings is 1. The summed E-state index contributed by atoms with van der Waals surface area (Å²) < 4.78 is 11.1. The molecule has 0 spiro atoms. The van der Waals surface area contributed by atoms with Gasteiger partial charge in [-0.2, -0.15) is 0 Å². The van der Waals surface area contributed by atoms with Crippen LogP contribution in [0.15, 0.2) is 12.1 Å². The van der Waals surface area contributed by atoms with E-state index in [0.717, 1.165) is 9.13 Å². The Labute approximate surface area is 119 Å². The van der Waals surface area contributed by atoms with Crippen LogP contribution in [0.2, 0.25) is 0 Å². The van der Waals surface area contributed by atoms with Gasteiger partial charge in [0, 0.05) is 15.6 Å². The molecule has 0 bridgehead atoms. The van der Waals surface area contributed by atoms with Crippen molar-refractivity contribution >= 4 is 34.3 Å². The average molecular weight is 360 g/mol. The number of methoxy groups -OCH3 is 1. The molecule has 1 aromatic rings. The Morgan fingerprint density at radius 3 is 2.72 bits per heavy atom. The first-order chi connectivity index (χ1) is 8.35. The van der Waals surface area contributed by atoms with E-state index < -0.39 is 11.6 Å². The van der Waals surface area contributed by atoms with Crippen molar-refractivity contribution in [2.75, 3.05) is 7.11 Å². The van der Waals surface area contributed by atoms with Gasteiger partial charge in [-0.15, -0.1) is 0 Å². The lowest BCUT2D eigenvalue weighted by Crippen LogP contribution is -2.42. The second kappa shape index (κ2) is 4.53. The third-order valence-electron chi connectivity index (χ3n) is 2.94. The topological polar surface area (TPSA) is 52.6 Å². The summed E-state index contributed by atoms with van der Waals surface area (Å²) in [6, 6.07) is 3.45. The summed E-state index contributed by atoms with van der Waals surface area (Å²) in [4.78, 5) is 23.4. The number of carbonyl (C=O) groups is 2. The Morgan fingerprint density at radius 1 is 1.44 bits per heavy atom. The number of rotatable bonds is 1. The minimum atomic E-state index is -0.803. The highest BCUT2D eigenvalue weighted by molar-refractivity contribution is 14.1. The lowest BCUT2D eigenvalue weighted by molar-refractivity contribution is -0.132. The molecule has 0 saturated heterocycles. The molecule has 18 heavy (non-hydrogen) atoms. The highest BCUT2D eigenvalue weighted by atomic mass is 127. The van der Waals surface area contributed by atoms with Crippen molar-refractivity contribution in [3.63, 3.8) is 0 Å². The maximum Gasteiger partial charge on any atom is 0.338 e. The fourth-order valence-corrected chi connectivity index (χ4v) is 2.48. The molecule has 0 fully saturated rings. The highest BCUT2D eigenvalue weighted by Gasteiger charge is 2.35. The molecule has 0 unspecified atom stereocenters. The molecule has 0 N–H and O–H groups in total. The molecule has 2 rings (SSSR count). The van der Waals surface area contributed by atoms with Gasteiger partial charge in [0.05, 0.1) is 12.7 Å². The van der Waals surface area contributed by atoms with Gasteiger partial charge in [0.15, 0.2) is 11.4 Å². The number of halogens is 1. The van der Waals surface area contributed by atoms with Crippen molar-refractivity contribution < 1.29 is 19.1 Å².